The molecule has 2 N–H and O–H groups in total. The van der Waals surface area contributed by atoms with Gasteiger partial charge in [-0.05, 0) is 12.1 Å². The zero-order valence-corrected chi connectivity index (χ0v) is 14.7. The van der Waals surface area contributed by atoms with Gasteiger partial charge in [0.1, 0.15) is 11.7 Å². The molecule has 0 aliphatic rings. The van der Waals surface area contributed by atoms with Gasteiger partial charge in [-0.15, -0.1) is 0 Å². The molecular formula is C11H12Cl2N4O3S2. The van der Waals surface area contributed by atoms with Crippen LogP contribution in [0.2, 0.25) is 10.0 Å². The van der Waals surface area contributed by atoms with Crippen LogP contribution in [0.4, 0.5) is 0 Å². The van der Waals surface area contributed by atoms with E-state index in [9.17, 15) is 8.42 Å². The van der Waals surface area contributed by atoms with E-state index in [0.29, 0.717) is 5.52 Å². The van der Waals surface area contributed by atoms with Gasteiger partial charge in [0.15, 0.2) is 5.82 Å². The highest BCUT2D eigenvalue weighted by atomic mass is 35.5. The highest BCUT2D eigenvalue weighted by Crippen LogP contribution is 2.29. The van der Waals surface area contributed by atoms with Gasteiger partial charge in [-0.1, -0.05) is 35.4 Å². The van der Waals surface area contributed by atoms with Gasteiger partial charge in [-0.3, -0.25) is 0 Å². The standard InChI is InChI=1S/C11H12Cl2N4O3S2/c1-16(2)22(19,20)17-9-4-7(13)6(12)3-8(9)15-10(17)11(21)14-5-18/h3-4,18H,5H2,1-2H3,(H,14,21). The fourth-order valence-electron chi connectivity index (χ4n) is 1.74. The van der Waals surface area contributed by atoms with Crippen molar-refractivity contribution in [2.75, 3.05) is 20.8 Å². The van der Waals surface area contributed by atoms with E-state index in [1.807, 2.05) is 0 Å². The van der Waals surface area contributed by atoms with E-state index in [4.69, 9.17) is 40.5 Å². The summed E-state index contributed by atoms with van der Waals surface area (Å²) < 4.78 is 27.1. The van der Waals surface area contributed by atoms with E-state index < -0.39 is 16.9 Å². The fraction of sp³-hybridized carbons (Fsp3) is 0.273. The number of fused-ring (bicyclic) bond motifs is 1. The van der Waals surface area contributed by atoms with Gasteiger partial charge in [0.2, 0.25) is 0 Å². The smallest absolute Gasteiger partial charge is 0.309 e. The monoisotopic (exact) mass is 382 g/mol. The second-order valence-corrected chi connectivity index (χ2v) is 7.62. The molecule has 0 aliphatic heterocycles. The molecule has 22 heavy (non-hydrogen) atoms. The number of aromatic nitrogens is 2. The van der Waals surface area contributed by atoms with Crippen LogP contribution in [0, 0.1) is 0 Å². The maximum Gasteiger partial charge on any atom is 0.309 e. The lowest BCUT2D eigenvalue weighted by molar-refractivity contribution is 0.287. The number of rotatable bonds is 4. The summed E-state index contributed by atoms with van der Waals surface area (Å²) in [7, 11) is -1.15. The molecule has 2 aromatic rings. The number of imidazole rings is 1. The van der Waals surface area contributed by atoms with Crippen molar-refractivity contribution in [1.29, 1.82) is 0 Å². The Morgan fingerprint density at radius 2 is 2.00 bits per heavy atom. The Balaban J connectivity index is 2.87. The minimum Gasteiger partial charge on any atom is -0.377 e. The van der Waals surface area contributed by atoms with Crippen molar-refractivity contribution in [3.05, 3.63) is 28.0 Å². The number of aliphatic hydroxyl groups excluding tert-OH is 1. The highest BCUT2D eigenvalue weighted by molar-refractivity contribution is 7.88. The first-order chi connectivity index (χ1) is 10.2. The minimum absolute atomic E-state index is 0.0173. The minimum atomic E-state index is -3.91. The average Bonchev–Trinajstić information content (AvgIpc) is 2.78. The second-order valence-electron chi connectivity index (χ2n) is 4.41. The van der Waals surface area contributed by atoms with Crippen LogP contribution in [0.1, 0.15) is 5.82 Å². The van der Waals surface area contributed by atoms with E-state index in [2.05, 4.69) is 10.3 Å². The lowest BCUT2D eigenvalue weighted by Crippen LogP contribution is -2.34. The molecule has 0 radical (unpaired) electrons. The van der Waals surface area contributed by atoms with Crippen molar-refractivity contribution in [2.24, 2.45) is 0 Å². The quantitative estimate of drug-likeness (QED) is 0.610. The topological polar surface area (TPSA) is 87.5 Å². The highest BCUT2D eigenvalue weighted by Gasteiger charge is 2.27. The van der Waals surface area contributed by atoms with Gasteiger partial charge in [0.05, 0.1) is 21.1 Å². The van der Waals surface area contributed by atoms with E-state index in [1.54, 1.807) is 0 Å². The molecule has 1 aromatic heterocycles. The summed E-state index contributed by atoms with van der Waals surface area (Å²) in [5.41, 5.74) is 0.553. The summed E-state index contributed by atoms with van der Waals surface area (Å²) >= 11 is 17.0. The summed E-state index contributed by atoms with van der Waals surface area (Å²) in [6.45, 7) is -0.453. The van der Waals surface area contributed by atoms with Crippen LogP contribution in [0.3, 0.4) is 0 Å². The molecule has 0 unspecified atom stereocenters. The Hall–Kier alpha value is -0.970. The molecule has 0 amide bonds. The molecule has 0 spiro atoms. The first-order valence-electron chi connectivity index (χ1n) is 5.89. The second kappa shape index (κ2) is 6.26. The maximum absolute atomic E-state index is 12.6. The third-order valence-electron chi connectivity index (χ3n) is 2.79. The van der Waals surface area contributed by atoms with Gasteiger partial charge >= 0.3 is 10.2 Å². The van der Waals surface area contributed by atoms with Crippen molar-refractivity contribution in [1.82, 2.24) is 18.6 Å². The lowest BCUT2D eigenvalue weighted by Gasteiger charge is -2.15. The number of nitrogens with one attached hydrogen (secondary N) is 1. The Bertz CT molecular complexity index is 849. The number of benzene rings is 1. The van der Waals surface area contributed by atoms with E-state index in [-0.39, 0.29) is 26.4 Å². The Morgan fingerprint density at radius 1 is 1.41 bits per heavy atom. The fourth-order valence-corrected chi connectivity index (χ4v) is 3.39. The predicted octanol–water partition coefficient (Wildman–Crippen LogP) is 1.21. The van der Waals surface area contributed by atoms with E-state index in [1.165, 1.54) is 26.2 Å². The summed E-state index contributed by atoms with van der Waals surface area (Å²) in [5, 5.41) is 11.8. The number of nitrogens with zero attached hydrogens (tertiary/aromatic N) is 3. The lowest BCUT2D eigenvalue weighted by atomic mass is 10.3. The number of aliphatic hydroxyl groups is 1. The Labute approximate surface area is 142 Å². The van der Waals surface area contributed by atoms with Crippen molar-refractivity contribution in [3.8, 4) is 0 Å². The third-order valence-corrected chi connectivity index (χ3v) is 5.59. The summed E-state index contributed by atoms with van der Waals surface area (Å²) in [6, 6.07) is 2.85. The zero-order valence-electron chi connectivity index (χ0n) is 11.5. The van der Waals surface area contributed by atoms with Crippen molar-refractivity contribution < 1.29 is 13.5 Å². The molecule has 1 aromatic carbocycles. The number of hydrogen-bond acceptors (Lipinski definition) is 5. The summed E-state index contributed by atoms with van der Waals surface area (Å²) in [6.07, 6.45) is 0. The van der Waals surface area contributed by atoms with Crippen LogP contribution in [0.25, 0.3) is 11.0 Å². The average molecular weight is 383 g/mol. The molecule has 0 atom stereocenters. The molecule has 0 saturated carbocycles. The van der Waals surface area contributed by atoms with Crippen LogP contribution >= 0.6 is 35.4 Å². The summed E-state index contributed by atoms with van der Waals surface area (Å²) in [5.74, 6) is -0.0360. The number of hydrogen-bond donors (Lipinski definition) is 2. The van der Waals surface area contributed by atoms with Gasteiger partial charge in [0, 0.05) is 14.1 Å². The molecule has 1 heterocycles. The van der Waals surface area contributed by atoms with Crippen LogP contribution in [-0.2, 0) is 10.2 Å². The Kier molecular flexibility index (Phi) is 4.95. The van der Waals surface area contributed by atoms with Crippen LogP contribution in [-0.4, -0.2) is 52.6 Å². The number of halogens is 2. The SMILES string of the molecule is CN(C)S(=O)(=O)n1c(C(=S)NCO)nc2cc(Cl)c(Cl)cc21. The first kappa shape index (κ1) is 17.4. The molecule has 7 nitrogen and oxygen atoms in total. The van der Waals surface area contributed by atoms with Crippen molar-refractivity contribution in [2.45, 2.75) is 0 Å². The van der Waals surface area contributed by atoms with E-state index >= 15 is 0 Å². The molecule has 0 bridgehead atoms. The summed E-state index contributed by atoms with van der Waals surface area (Å²) in [4.78, 5) is 4.16. The first-order valence-corrected chi connectivity index (χ1v) is 8.46. The number of thiocarbonyl (C=S) groups is 1. The normalized spacial score (nSPS) is 12.1. The molecule has 120 valence electrons. The van der Waals surface area contributed by atoms with Gasteiger partial charge < -0.3 is 10.4 Å². The van der Waals surface area contributed by atoms with E-state index in [0.717, 1.165) is 8.28 Å². The van der Waals surface area contributed by atoms with Crippen LogP contribution < -0.4 is 5.32 Å². The molecule has 0 fully saturated rings. The van der Waals surface area contributed by atoms with Gasteiger partial charge in [-0.25, -0.2) is 8.96 Å². The largest absolute Gasteiger partial charge is 0.377 e. The predicted molar refractivity (Wildman–Crippen MR) is 89.7 cm³/mol. The molecular weight excluding hydrogens is 371 g/mol. The van der Waals surface area contributed by atoms with Crippen LogP contribution in [0.15, 0.2) is 12.1 Å². The van der Waals surface area contributed by atoms with Gasteiger partial charge in [0.25, 0.3) is 0 Å². The maximum atomic E-state index is 12.6. The van der Waals surface area contributed by atoms with Gasteiger partial charge in [-0.2, -0.15) is 12.7 Å². The molecule has 0 aliphatic carbocycles. The zero-order chi connectivity index (χ0) is 16.7. The molecule has 0 saturated heterocycles. The molecule has 2 rings (SSSR count). The third kappa shape index (κ3) is 2.92. The van der Waals surface area contributed by atoms with Crippen molar-refractivity contribution >= 4 is 61.7 Å². The van der Waals surface area contributed by atoms with Crippen LogP contribution in [0.5, 0.6) is 0 Å². The molecule has 11 heteroatoms. The Morgan fingerprint density at radius 3 is 2.55 bits per heavy atom. The van der Waals surface area contributed by atoms with Crippen molar-refractivity contribution in [3.63, 3.8) is 0 Å².